The van der Waals surface area contributed by atoms with Gasteiger partial charge in [-0.15, -0.1) is 0 Å². The first-order valence-corrected chi connectivity index (χ1v) is 13.0. The van der Waals surface area contributed by atoms with Crippen LogP contribution in [0.1, 0.15) is 57.9 Å². The molecule has 3 N–H and O–H groups in total. The first-order chi connectivity index (χ1) is 16.7. The number of nitrogens with one attached hydrogen (secondary N) is 1. The van der Waals surface area contributed by atoms with Crippen LogP contribution in [0.2, 0.25) is 0 Å². The van der Waals surface area contributed by atoms with Crippen LogP contribution in [0.4, 0.5) is 0 Å². The van der Waals surface area contributed by atoms with Gasteiger partial charge in [0.1, 0.15) is 0 Å². The summed E-state index contributed by atoms with van der Waals surface area (Å²) >= 11 is 0. The molecular formula is C29H39NO5. The lowest BCUT2D eigenvalue weighted by atomic mass is 9.59. The van der Waals surface area contributed by atoms with Gasteiger partial charge in [-0.2, -0.15) is 0 Å². The predicted molar refractivity (Wildman–Crippen MR) is 134 cm³/mol. The van der Waals surface area contributed by atoms with E-state index in [0.717, 1.165) is 24.8 Å². The minimum Gasteiger partial charge on any atom is -0.448 e. The van der Waals surface area contributed by atoms with Crippen molar-refractivity contribution < 1.29 is 24.5 Å². The van der Waals surface area contributed by atoms with Gasteiger partial charge in [-0.05, 0) is 48.7 Å². The SMILES string of the molecule is C=C1[C@@H](C)[C@H]2[C@@H](Cc3ccccc3)NC(=O)[C@@]23OC(=O)CC[C@@H](O)CCC[C@@H](C)C/C=C\[C@@H]3[C@H]1O. The van der Waals surface area contributed by atoms with Crippen LogP contribution in [0.3, 0.4) is 0 Å². The van der Waals surface area contributed by atoms with Crippen LogP contribution >= 0.6 is 0 Å². The van der Waals surface area contributed by atoms with E-state index in [0.29, 0.717) is 30.8 Å². The van der Waals surface area contributed by atoms with Gasteiger partial charge in [0.25, 0.3) is 5.91 Å². The number of carbonyl (C=O) groups excluding carboxylic acids is 2. The van der Waals surface area contributed by atoms with E-state index in [1.165, 1.54) is 0 Å². The lowest BCUT2D eigenvalue weighted by Crippen LogP contribution is -2.61. The van der Waals surface area contributed by atoms with Crippen molar-refractivity contribution in [2.75, 3.05) is 0 Å². The number of ether oxygens (including phenoxy) is 1. The normalized spacial score (nSPS) is 39.5. The molecule has 0 aromatic heterocycles. The minimum absolute atomic E-state index is 0.0314. The second-order valence-electron chi connectivity index (χ2n) is 10.8. The highest BCUT2D eigenvalue weighted by molar-refractivity contribution is 5.92. The van der Waals surface area contributed by atoms with Crippen molar-refractivity contribution in [3.8, 4) is 0 Å². The molecule has 1 aromatic carbocycles. The van der Waals surface area contributed by atoms with E-state index in [4.69, 9.17) is 4.74 Å². The average molecular weight is 482 g/mol. The van der Waals surface area contributed by atoms with E-state index in [9.17, 15) is 19.8 Å². The number of allylic oxidation sites excluding steroid dienone is 1. The molecule has 190 valence electrons. The predicted octanol–water partition coefficient (Wildman–Crippen LogP) is 3.72. The molecular weight excluding hydrogens is 442 g/mol. The van der Waals surface area contributed by atoms with Crippen LogP contribution in [-0.2, 0) is 20.7 Å². The van der Waals surface area contributed by atoms with Gasteiger partial charge in [-0.1, -0.05) is 75.8 Å². The van der Waals surface area contributed by atoms with Crippen molar-refractivity contribution in [3.05, 3.63) is 60.2 Å². The minimum atomic E-state index is -1.52. The number of benzene rings is 1. The second kappa shape index (κ2) is 10.7. The third kappa shape index (κ3) is 5.10. The van der Waals surface area contributed by atoms with Gasteiger partial charge in [0.2, 0.25) is 5.60 Å². The summed E-state index contributed by atoms with van der Waals surface area (Å²) in [6.45, 7) is 8.32. The molecule has 1 aliphatic carbocycles. The van der Waals surface area contributed by atoms with Crippen LogP contribution in [0.25, 0.3) is 0 Å². The third-order valence-electron chi connectivity index (χ3n) is 8.32. The summed E-state index contributed by atoms with van der Waals surface area (Å²) in [6, 6.07) is 9.66. The number of aliphatic hydroxyl groups excluding tert-OH is 2. The highest BCUT2D eigenvalue weighted by Crippen LogP contribution is 2.52. The Labute approximate surface area is 208 Å². The fraction of sp³-hybridized carbons (Fsp3) is 0.586. The Balaban J connectivity index is 1.75. The van der Waals surface area contributed by atoms with Gasteiger partial charge in [0.15, 0.2) is 0 Å². The maximum Gasteiger partial charge on any atom is 0.306 e. The molecule has 2 aliphatic heterocycles. The largest absolute Gasteiger partial charge is 0.448 e. The van der Waals surface area contributed by atoms with Crippen molar-refractivity contribution >= 4 is 11.9 Å². The van der Waals surface area contributed by atoms with E-state index in [1.54, 1.807) is 0 Å². The zero-order valence-corrected chi connectivity index (χ0v) is 20.9. The molecule has 0 bridgehead atoms. The first-order valence-electron chi connectivity index (χ1n) is 13.0. The maximum atomic E-state index is 13.8. The van der Waals surface area contributed by atoms with Gasteiger partial charge in [0.05, 0.1) is 18.1 Å². The van der Waals surface area contributed by atoms with Crippen LogP contribution in [0.15, 0.2) is 54.6 Å². The molecule has 35 heavy (non-hydrogen) atoms. The molecule has 2 heterocycles. The average Bonchev–Trinajstić information content (AvgIpc) is 3.09. The molecule has 1 saturated heterocycles. The molecule has 6 nitrogen and oxygen atoms in total. The molecule has 2 fully saturated rings. The Hall–Kier alpha value is -2.44. The summed E-state index contributed by atoms with van der Waals surface area (Å²) in [5.41, 5.74) is 0.219. The van der Waals surface area contributed by atoms with Gasteiger partial charge in [-0.25, -0.2) is 0 Å². The number of aliphatic hydroxyl groups is 2. The monoisotopic (exact) mass is 481 g/mol. The van der Waals surface area contributed by atoms with Gasteiger partial charge in [0, 0.05) is 18.4 Å². The Kier molecular flexibility index (Phi) is 7.82. The zero-order chi connectivity index (χ0) is 25.2. The summed E-state index contributed by atoms with van der Waals surface area (Å²) < 4.78 is 6.14. The third-order valence-corrected chi connectivity index (χ3v) is 8.32. The van der Waals surface area contributed by atoms with E-state index in [-0.39, 0.29) is 30.2 Å². The topological polar surface area (TPSA) is 95.9 Å². The van der Waals surface area contributed by atoms with E-state index < -0.39 is 29.7 Å². The molecule has 1 saturated carbocycles. The zero-order valence-electron chi connectivity index (χ0n) is 20.9. The summed E-state index contributed by atoms with van der Waals surface area (Å²) in [5, 5.41) is 24.8. The number of carbonyl (C=O) groups is 2. The summed E-state index contributed by atoms with van der Waals surface area (Å²) in [5.74, 6) is -1.80. The maximum absolute atomic E-state index is 13.8. The standard InChI is InChI=1S/C29H39NO5/c1-18-9-7-13-22(31)15-16-25(32)35-29-23(14-8-10-18)27(33)20(3)19(2)26(29)24(30-28(29)34)17-21-11-5-4-6-12-21/h4-6,8,11-12,14,18-19,22-24,26-27,31,33H,3,7,9-10,13,15-17H2,1-2H3,(H,30,34)/b14-8-/t18-,19-,22+,23-,24-,26+,27+,29+/m1/s1. The lowest BCUT2D eigenvalue weighted by Gasteiger charge is -2.49. The molecule has 1 spiro atoms. The fourth-order valence-electron chi connectivity index (χ4n) is 6.30. The molecule has 6 heteroatoms. The fourth-order valence-corrected chi connectivity index (χ4v) is 6.30. The van der Waals surface area contributed by atoms with Crippen molar-refractivity contribution in [1.29, 1.82) is 0 Å². The molecule has 1 aromatic rings. The second-order valence-corrected chi connectivity index (χ2v) is 10.8. The van der Waals surface area contributed by atoms with Gasteiger partial charge >= 0.3 is 5.97 Å². The Morgan fingerprint density at radius 2 is 1.86 bits per heavy atom. The quantitative estimate of drug-likeness (QED) is 0.442. The molecule has 4 rings (SSSR count). The number of amides is 1. The smallest absolute Gasteiger partial charge is 0.306 e. The highest BCUT2D eigenvalue weighted by atomic mass is 16.6. The number of rotatable bonds is 2. The Bertz CT molecular complexity index is 959. The molecule has 0 unspecified atom stereocenters. The van der Waals surface area contributed by atoms with Crippen molar-refractivity contribution in [1.82, 2.24) is 5.32 Å². The van der Waals surface area contributed by atoms with E-state index in [1.807, 2.05) is 49.4 Å². The lowest BCUT2D eigenvalue weighted by molar-refractivity contribution is -0.187. The van der Waals surface area contributed by atoms with Crippen molar-refractivity contribution in [3.63, 3.8) is 0 Å². The number of esters is 1. The van der Waals surface area contributed by atoms with E-state index >= 15 is 0 Å². The summed E-state index contributed by atoms with van der Waals surface area (Å²) in [7, 11) is 0. The number of hydrogen-bond acceptors (Lipinski definition) is 5. The molecule has 3 aliphatic rings. The van der Waals surface area contributed by atoms with Crippen LogP contribution in [-0.4, -0.2) is 45.9 Å². The summed E-state index contributed by atoms with van der Waals surface area (Å²) in [6.07, 6.45) is 6.53. The van der Waals surface area contributed by atoms with Crippen LogP contribution < -0.4 is 5.32 Å². The molecule has 0 radical (unpaired) electrons. The van der Waals surface area contributed by atoms with Crippen LogP contribution in [0, 0.1) is 23.7 Å². The first kappa shape index (κ1) is 25.6. The van der Waals surface area contributed by atoms with Crippen LogP contribution in [0.5, 0.6) is 0 Å². The molecule has 8 atom stereocenters. The van der Waals surface area contributed by atoms with E-state index in [2.05, 4.69) is 18.8 Å². The van der Waals surface area contributed by atoms with Crippen molar-refractivity contribution in [2.24, 2.45) is 23.7 Å². The van der Waals surface area contributed by atoms with Gasteiger partial charge in [-0.3, -0.25) is 9.59 Å². The summed E-state index contributed by atoms with van der Waals surface area (Å²) in [4.78, 5) is 26.9. The number of hydrogen-bond donors (Lipinski definition) is 3. The Morgan fingerprint density at radius 1 is 1.11 bits per heavy atom. The van der Waals surface area contributed by atoms with Gasteiger partial charge < -0.3 is 20.3 Å². The highest BCUT2D eigenvalue weighted by Gasteiger charge is 2.67. The Morgan fingerprint density at radius 3 is 2.60 bits per heavy atom. The van der Waals surface area contributed by atoms with Crippen molar-refractivity contribution in [2.45, 2.75) is 82.6 Å². The molecule has 1 amide bonds.